The number of carbonyl (C=O) groups is 1. The number of amides is 1. The largest absolute Gasteiger partial charge is 0.385 e. The highest BCUT2D eigenvalue weighted by atomic mass is 16.2. The minimum Gasteiger partial charge on any atom is -0.385 e. The van der Waals surface area contributed by atoms with E-state index in [1.807, 2.05) is 36.9 Å². The molecule has 0 aliphatic carbocycles. The third-order valence-electron chi connectivity index (χ3n) is 3.92. The number of likely N-dealkylation sites (tertiary alicyclic amines) is 1. The van der Waals surface area contributed by atoms with Gasteiger partial charge in [-0.05, 0) is 52.7 Å². The van der Waals surface area contributed by atoms with Gasteiger partial charge in [-0.25, -0.2) is 0 Å². The summed E-state index contributed by atoms with van der Waals surface area (Å²) in [6.07, 6.45) is 2.18. The van der Waals surface area contributed by atoms with E-state index in [0.29, 0.717) is 0 Å². The fourth-order valence-electron chi connectivity index (χ4n) is 2.81. The van der Waals surface area contributed by atoms with Gasteiger partial charge in [-0.15, -0.1) is 0 Å². The van der Waals surface area contributed by atoms with E-state index in [-0.39, 0.29) is 11.4 Å². The lowest BCUT2D eigenvalue weighted by molar-refractivity contribution is 0.0653. The highest BCUT2D eigenvalue weighted by Crippen LogP contribution is 2.31. The molecule has 1 heterocycles. The van der Waals surface area contributed by atoms with Crippen molar-refractivity contribution in [2.45, 2.75) is 46.1 Å². The molecule has 0 aromatic heterocycles. The van der Waals surface area contributed by atoms with Gasteiger partial charge in [0.05, 0.1) is 5.56 Å². The molecule has 1 aromatic carbocycles. The maximum absolute atomic E-state index is 12.8. The van der Waals surface area contributed by atoms with Gasteiger partial charge in [-0.3, -0.25) is 4.79 Å². The van der Waals surface area contributed by atoms with Crippen LogP contribution in [0.2, 0.25) is 0 Å². The van der Waals surface area contributed by atoms with Crippen LogP contribution in [0.4, 0.5) is 5.69 Å². The second-order valence-electron chi connectivity index (χ2n) is 5.95. The Bertz CT molecular complexity index is 480. The normalized spacial score (nSPS) is 17.6. The third kappa shape index (κ3) is 2.75. The van der Waals surface area contributed by atoms with E-state index in [0.717, 1.165) is 42.7 Å². The van der Waals surface area contributed by atoms with Crippen LogP contribution in [-0.4, -0.2) is 29.4 Å². The Labute approximate surface area is 116 Å². The molecule has 0 spiro atoms. The van der Waals surface area contributed by atoms with Crippen LogP contribution in [-0.2, 0) is 0 Å². The van der Waals surface area contributed by atoms with Gasteiger partial charge < -0.3 is 10.2 Å². The van der Waals surface area contributed by atoms with Crippen LogP contribution in [0, 0.1) is 6.92 Å². The lowest BCUT2D eigenvalue weighted by Gasteiger charge is -2.32. The number of aryl methyl sites for hydroxylation is 1. The molecule has 0 saturated carbocycles. The van der Waals surface area contributed by atoms with Crippen LogP contribution in [0.25, 0.3) is 0 Å². The van der Waals surface area contributed by atoms with Crippen molar-refractivity contribution in [2.75, 3.05) is 18.4 Å². The van der Waals surface area contributed by atoms with Gasteiger partial charge in [0.25, 0.3) is 5.91 Å². The summed E-state index contributed by atoms with van der Waals surface area (Å²) in [5, 5.41) is 3.29. The summed E-state index contributed by atoms with van der Waals surface area (Å²) in [7, 11) is 0. The highest BCUT2D eigenvalue weighted by molar-refractivity contribution is 6.00. The van der Waals surface area contributed by atoms with Crippen molar-refractivity contribution in [3.8, 4) is 0 Å². The van der Waals surface area contributed by atoms with Crippen LogP contribution in [0.15, 0.2) is 18.2 Å². The number of anilines is 1. The number of hydrogen-bond acceptors (Lipinski definition) is 2. The van der Waals surface area contributed by atoms with E-state index in [2.05, 4.69) is 19.2 Å². The molecule has 0 unspecified atom stereocenters. The van der Waals surface area contributed by atoms with Gasteiger partial charge in [-0.1, -0.05) is 11.6 Å². The summed E-state index contributed by atoms with van der Waals surface area (Å²) in [4.78, 5) is 14.8. The molecule has 1 N–H and O–H groups in total. The summed E-state index contributed by atoms with van der Waals surface area (Å²) in [5.74, 6) is 0.155. The average Bonchev–Trinajstić information content (AvgIpc) is 2.70. The molecule has 1 aromatic rings. The molecule has 1 saturated heterocycles. The van der Waals surface area contributed by atoms with Crippen LogP contribution < -0.4 is 5.32 Å². The second-order valence-corrected chi connectivity index (χ2v) is 5.95. The fourth-order valence-corrected chi connectivity index (χ4v) is 2.81. The minimum absolute atomic E-state index is 0.0235. The monoisotopic (exact) mass is 260 g/mol. The number of nitrogens with one attached hydrogen (secondary N) is 1. The molecule has 1 fully saturated rings. The summed E-state index contributed by atoms with van der Waals surface area (Å²) >= 11 is 0. The van der Waals surface area contributed by atoms with Crippen molar-refractivity contribution < 1.29 is 4.79 Å². The molecular formula is C16H24N2O. The zero-order valence-corrected chi connectivity index (χ0v) is 12.4. The van der Waals surface area contributed by atoms with Crippen molar-refractivity contribution in [3.05, 3.63) is 29.3 Å². The first-order chi connectivity index (χ1) is 8.95. The molecular weight excluding hydrogens is 236 g/mol. The molecule has 3 nitrogen and oxygen atoms in total. The van der Waals surface area contributed by atoms with E-state index in [9.17, 15) is 4.79 Å². The topological polar surface area (TPSA) is 32.3 Å². The quantitative estimate of drug-likeness (QED) is 0.903. The van der Waals surface area contributed by atoms with Gasteiger partial charge in [-0.2, -0.15) is 0 Å². The lowest BCUT2D eigenvalue weighted by Crippen LogP contribution is -2.42. The molecule has 1 aliphatic rings. The molecule has 1 amide bonds. The Morgan fingerprint density at radius 1 is 1.42 bits per heavy atom. The van der Waals surface area contributed by atoms with E-state index in [1.165, 1.54) is 0 Å². The van der Waals surface area contributed by atoms with Crippen molar-refractivity contribution in [3.63, 3.8) is 0 Å². The van der Waals surface area contributed by atoms with Crippen LogP contribution in [0.1, 0.15) is 49.5 Å². The van der Waals surface area contributed by atoms with E-state index in [1.54, 1.807) is 0 Å². The Balaban J connectivity index is 2.35. The fraction of sp³-hybridized carbons (Fsp3) is 0.562. The van der Waals surface area contributed by atoms with Gasteiger partial charge in [0.2, 0.25) is 0 Å². The Morgan fingerprint density at radius 3 is 2.74 bits per heavy atom. The minimum atomic E-state index is -0.0235. The van der Waals surface area contributed by atoms with Gasteiger partial charge in [0, 0.05) is 24.3 Å². The first-order valence-corrected chi connectivity index (χ1v) is 7.12. The Hall–Kier alpha value is -1.51. The van der Waals surface area contributed by atoms with Crippen molar-refractivity contribution in [1.29, 1.82) is 0 Å². The molecule has 1 aliphatic heterocycles. The molecule has 0 radical (unpaired) electrons. The standard InChI is InChI=1S/C16H24N2O/c1-5-17-14-8-7-12(2)11-13(14)15(19)18-10-6-9-16(18,3)4/h7-8,11,17H,5-6,9-10H2,1-4H3. The third-order valence-corrected chi connectivity index (χ3v) is 3.92. The highest BCUT2D eigenvalue weighted by Gasteiger charge is 2.36. The molecule has 2 rings (SSSR count). The zero-order chi connectivity index (χ0) is 14.0. The van der Waals surface area contributed by atoms with Crippen molar-refractivity contribution >= 4 is 11.6 Å². The second kappa shape index (κ2) is 5.24. The molecule has 104 valence electrons. The first-order valence-electron chi connectivity index (χ1n) is 7.12. The smallest absolute Gasteiger partial charge is 0.256 e. The Morgan fingerprint density at radius 2 is 2.16 bits per heavy atom. The summed E-state index contributed by atoms with van der Waals surface area (Å²) in [6.45, 7) is 10.1. The average molecular weight is 260 g/mol. The predicted molar refractivity (Wildman–Crippen MR) is 79.7 cm³/mol. The SMILES string of the molecule is CCNc1ccc(C)cc1C(=O)N1CCCC1(C)C. The van der Waals surface area contributed by atoms with E-state index < -0.39 is 0 Å². The molecule has 0 bridgehead atoms. The summed E-state index contributed by atoms with van der Waals surface area (Å²) in [6, 6.07) is 6.05. The van der Waals surface area contributed by atoms with Crippen LogP contribution >= 0.6 is 0 Å². The number of nitrogens with zero attached hydrogens (tertiary/aromatic N) is 1. The van der Waals surface area contributed by atoms with E-state index in [4.69, 9.17) is 0 Å². The van der Waals surface area contributed by atoms with Gasteiger partial charge >= 0.3 is 0 Å². The predicted octanol–water partition coefficient (Wildman–Crippen LogP) is 3.44. The summed E-state index contributed by atoms with van der Waals surface area (Å²) < 4.78 is 0. The maximum Gasteiger partial charge on any atom is 0.256 e. The van der Waals surface area contributed by atoms with Crippen LogP contribution in [0.3, 0.4) is 0 Å². The van der Waals surface area contributed by atoms with Crippen LogP contribution in [0.5, 0.6) is 0 Å². The van der Waals surface area contributed by atoms with E-state index >= 15 is 0 Å². The zero-order valence-electron chi connectivity index (χ0n) is 12.4. The first kappa shape index (κ1) is 13.9. The molecule has 0 atom stereocenters. The maximum atomic E-state index is 12.8. The lowest BCUT2D eigenvalue weighted by atomic mass is 10.0. The van der Waals surface area contributed by atoms with Gasteiger partial charge in [0.15, 0.2) is 0 Å². The van der Waals surface area contributed by atoms with Crippen molar-refractivity contribution in [2.24, 2.45) is 0 Å². The Kier molecular flexibility index (Phi) is 3.83. The number of carbonyl (C=O) groups excluding carboxylic acids is 1. The number of benzene rings is 1. The summed E-state index contributed by atoms with van der Waals surface area (Å²) in [5.41, 5.74) is 2.85. The van der Waals surface area contributed by atoms with Gasteiger partial charge in [0.1, 0.15) is 0 Å². The number of rotatable bonds is 3. The molecule has 3 heteroatoms. The number of hydrogen-bond donors (Lipinski definition) is 1. The van der Waals surface area contributed by atoms with Crippen molar-refractivity contribution in [1.82, 2.24) is 4.90 Å². The molecule has 19 heavy (non-hydrogen) atoms.